The van der Waals surface area contributed by atoms with Crippen LogP contribution in [0.1, 0.15) is 34.8 Å². The molecule has 1 atom stereocenters. The zero-order valence-electron chi connectivity index (χ0n) is 14.3. The number of aromatic nitrogens is 1. The van der Waals surface area contributed by atoms with Crippen LogP contribution in [0.4, 0.5) is 0 Å². The Labute approximate surface area is 131 Å². The largest absolute Gasteiger partial charge is 0.308 e. The molecule has 0 aliphatic carbocycles. The second-order valence-corrected chi connectivity index (χ2v) is 4.67. The van der Waals surface area contributed by atoms with Crippen LogP contribution in [0.25, 0.3) is 5.57 Å². The molecule has 0 fully saturated rings. The van der Waals surface area contributed by atoms with E-state index in [-0.39, 0.29) is 7.59 Å². The normalized spacial score (nSPS) is 13.2. The van der Waals surface area contributed by atoms with E-state index >= 15 is 0 Å². The number of aliphatic imine (C=N–C) groups is 1. The van der Waals surface area contributed by atoms with Crippen molar-refractivity contribution in [3.05, 3.63) is 36.2 Å². The molecule has 0 saturated heterocycles. The zero-order valence-corrected chi connectivity index (χ0v) is 14.3. The van der Waals surface area contributed by atoms with Crippen LogP contribution >= 0.6 is 0 Å². The average Bonchev–Trinajstić information content (AvgIpc) is 2.50. The van der Waals surface area contributed by atoms with E-state index in [0.717, 1.165) is 24.4 Å². The summed E-state index contributed by atoms with van der Waals surface area (Å²) in [5.41, 5.74) is 2.00. The highest BCUT2D eigenvalue weighted by molar-refractivity contribution is 6.08. The van der Waals surface area contributed by atoms with Gasteiger partial charge < -0.3 is 4.90 Å². The van der Waals surface area contributed by atoms with Gasteiger partial charge in [0.2, 0.25) is 0 Å². The molecule has 1 heterocycles. The lowest BCUT2D eigenvalue weighted by Crippen LogP contribution is -2.31. The fraction of sp³-hybridized carbons (Fsp3) is 0.529. The maximum Gasteiger partial charge on any atom is 0.0966 e. The van der Waals surface area contributed by atoms with Gasteiger partial charge in [0.1, 0.15) is 0 Å². The summed E-state index contributed by atoms with van der Waals surface area (Å²) in [7, 11) is 4.13. The third kappa shape index (κ3) is 9.10. The molecule has 0 amide bonds. The van der Waals surface area contributed by atoms with Crippen molar-refractivity contribution in [2.45, 2.75) is 33.9 Å². The molecule has 1 unspecified atom stereocenters. The molecule has 0 aromatic carbocycles. The van der Waals surface area contributed by atoms with Crippen LogP contribution in [-0.4, -0.2) is 49.4 Å². The van der Waals surface area contributed by atoms with Gasteiger partial charge in [-0.3, -0.25) is 15.3 Å². The molecule has 0 aliphatic rings. The molecule has 21 heavy (non-hydrogen) atoms. The first-order valence-corrected chi connectivity index (χ1v) is 7.62. The SMILES string of the molecule is C/C=C(\C=N/C(C)NCCN(C)C)c1ccccn1.CC.[HH]. The summed E-state index contributed by atoms with van der Waals surface area (Å²) in [5, 5.41) is 3.36. The molecule has 1 aromatic heterocycles. The number of allylic oxidation sites excluding steroid dienone is 2. The first-order valence-electron chi connectivity index (χ1n) is 7.62. The van der Waals surface area contributed by atoms with Crippen LogP contribution in [0.5, 0.6) is 0 Å². The first-order chi connectivity index (χ1) is 10.1. The molecule has 0 bridgehead atoms. The maximum absolute atomic E-state index is 4.51. The molecule has 1 N–H and O–H groups in total. The van der Waals surface area contributed by atoms with Gasteiger partial charge in [0.25, 0.3) is 0 Å². The lowest BCUT2D eigenvalue weighted by atomic mass is 10.2. The van der Waals surface area contributed by atoms with E-state index < -0.39 is 0 Å². The molecule has 0 radical (unpaired) electrons. The van der Waals surface area contributed by atoms with Crippen molar-refractivity contribution >= 4 is 11.8 Å². The van der Waals surface area contributed by atoms with Crippen LogP contribution < -0.4 is 5.32 Å². The van der Waals surface area contributed by atoms with Gasteiger partial charge in [0, 0.05) is 32.5 Å². The lowest BCUT2D eigenvalue weighted by molar-refractivity contribution is 0.389. The number of rotatable bonds is 7. The van der Waals surface area contributed by atoms with Gasteiger partial charge in [0.15, 0.2) is 0 Å². The van der Waals surface area contributed by atoms with Crippen molar-refractivity contribution in [1.29, 1.82) is 0 Å². The van der Waals surface area contributed by atoms with E-state index in [2.05, 4.69) is 41.2 Å². The van der Waals surface area contributed by atoms with Crippen molar-refractivity contribution in [2.75, 3.05) is 27.2 Å². The summed E-state index contributed by atoms with van der Waals surface area (Å²) in [6, 6.07) is 5.89. The number of likely N-dealkylation sites (N-methyl/N-ethyl adjacent to an activating group) is 1. The molecule has 1 rings (SSSR count). The Bertz CT molecular complexity index is 416. The Morgan fingerprint density at radius 1 is 1.43 bits per heavy atom. The minimum Gasteiger partial charge on any atom is -0.308 e. The lowest BCUT2D eigenvalue weighted by Gasteiger charge is -2.13. The Kier molecular flexibility index (Phi) is 11.4. The fourth-order valence-electron chi connectivity index (χ4n) is 1.56. The number of hydrogen-bond donors (Lipinski definition) is 1. The minimum atomic E-state index is 0. The number of pyridine rings is 1. The van der Waals surface area contributed by atoms with E-state index in [1.165, 1.54) is 0 Å². The maximum atomic E-state index is 4.51. The molecule has 0 saturated carbocycles. The van der Waals surface area contributed by atoms with Gasteiger partial charge in [-0.15, -0.1) is 0 Å². The summed E-state index contributed by atoms with van der Waals surface area (Å²) >= 11 is 0. The van der Waals surface area contributed by atoms with E-state index in [0.29, 0.717) is 0 Å². The summed E-state index contributed by atoms with van der Waals surface area (Å²) in [6.45, 7) is 9.99. The molecule has 0 aliphatic heterocycles. The molecular weight excluding hydrogens is 260 g/mol. The van der Waals surface area contributed by atoms with Gasteiger partial charge in [0.05, 0.1) is 11.9 Å². The third-order valence-electron chi connectivity index (χ3n) is 2.71. The van der Waals surface area contributed by atoms with Crippen molar-refractivity contribution in [2.24, 2.45) is 4.99 Å². The first kappa shape index (κ1) is 19.5. The van der Waals surface area contributed by atoms with Gasteiger partial charge in [-0.05, 0) is 40.1 Å². The van der Waals surface area contributed by atoms with Crippen molar-refractivity contribution in [3.8, 4) is 0 Å². The van der Waals surface area contributed by atoms with Gasteiger partial charge in [-0.25, -0.2) is 0 Å². The molecular formula is C17H32N4. The monoisotopic (exact) mass is 292 g/mol. The standard InChI is InChI=1S/C15H24N4.C2H6.H2/c1-5-14(15-8-6-7-9-17-15)12-18-13(2)16-10-11-19(3)4;1-2;/h5-9,12-13,16H,10-11H2,1-4H3;1-2H3;1H/b14-5+,18-12-;;. The van der Waals surface area contributed by atoms with Crippen LogP contribution in [0, 0.1) is 0 Å². The van der Waals surface area contributed by atoms with Crippen LogP contribution in [0.2, 0.25) is 0 Å². The Hall–Kier alpha value is -1.52. The highest BCUT2D eigenvalue weighted by Gasteiger charge is 2.00. The van der Waals surface area contributed by atoms with Crippen LogP contribution in [-0.2, 0) is 0 Å². The van der Waals surface area contributed by atoms with Crippen LogP contribution in [0.15, 0.2) is 35.5 Å². The Balaban J connectivity index is 0. The fourth-order valence-corrected chi connectivity index (χ4v) is 1.56. The predicted molar refractivity (Wildman–Crippen MR) is 95.9 cm³/mol. The van der Waals surface area contributed by atoms with E-state index in [4.69, 9.17) is 0 Å². The summed E-state index contributed by atoms with van der Waals surface area (Å²) in [4.78, 5) is 11.0. The number of nitrogens with zero attached hydrogens (tertiary/aromatic N) is 3. The molecule has 0 spiro atoms. The Morgan fingerprint density at radius 2 is 2.14 bits per heavy atom. The topological polar surface area (TPSA) is 40.5 Å². The van der Waals surface area contributed by atoms with Crippen LogP contribution in [0.3, 0.4) is 0 Å². The molecule has 4 heteroatoms. The van der Waals surface area contributed by atoms with Gasteiger partial charge >= 0.3 is 0 Å². The van der Waals surface area contributed by atoms with Crippen molar-refractivity contribution in [1.82, 2.24) is 15.2 Å². The van der Waals surface area contributed by atoms with Crippen molar-refractivity contribution < 1.29 is 1.43 Å². The number of nitrogens with one attached hydrogen (secondary N) is 1. The number of hydrogen-bond acceptors (Lipinski definition) is 4. The van der Waals surface area contributed by atoms with Gasteiger partial charge in [-0.1, -0.05) is 26.0 Å². The summed E-state index contributed by atoms with van der Waals surface area (Å²) in [6.07, 6.45) is 5.82. The van der Waals surface area contributed by atoms with E-state index in [1.807, 2.05) is 51.3 Å². The summed E-state index contributed by atoms with van der Waals surface area (Å²) in [5.74, 6) is 0. The molecule has 120 valence electrons. The highest BCUT2D eigenvalue weighted by atomic mass is 15.1. The Morgan fingerprint density at radius 3 is 2.67 bits per heavy atom. The zero-order chi connectivity index (χ0) is 16.1. The van der Waals surface area contributed by atoms with Gasteiger partial charge in [-0.2, -0.15) is 0 Å². The summed E-state index contributed by atoms with van der Waals surface area (Å²) < 4.78 is 0. The second-order valence-electron chi connectivity index (χ2n) is 4.67. The molecule has 4 nitrogen and oxygen atoms in total. The highest BCUT2D eigenvalue weighted by Crippen LogP contribution is 2.08. The molecule has 1 aromatic rings. The minimum absolute atomic E-state index is 0. The predicted octanol–water partition coefficient (Wildman–Crippen LogP) is 3.33. The third-order valence-corrected chi connectivity index (χ3v) is 2.71. The van der Waals surface area contributed by atoms with E-state index in [1.54, 1.807) is 6.20 Å². The smallest absolute Gasteiger partial charge is 0.0966 e. The quantitative estimate of drug-likeness (QED) is 0.784. The van der Waals surface area contributed by atoms with E-state index in [9.17, 15) is 0 Å². The second kappa shape index (κ2) is 12.2. The average molecular weight is 292 g/mol. The van der Waals surface area contributed by atoms with Crippen molar-refractivity contribution in [3.63, 3.8) is 0 Å².